The van der Waals surface area contributed by atoms with Gasteiger partial charge in [-0.25, -0.2) is 8.78 Å². The first-order chi connectivity index (χ1) is 9.52. The Morgan fingerprint density at radius 2 is 1.75 bits per heavy atom. The minimum absolute atomic E-state index is 0.0203. The van der Waals surface area contributed by atoms with Crippen molar-refractivity contribution in [1.82, 2.24) is 0 Å². The third-order valence-corrected chi connectivity index (χ3v) is 3.20. The first-order valence-electron chi connectivity index (χ1n) is 6.17. The number of anilines is 1. The zero-order chi connectivity index (χ0) is 14.7. The second-order valence-electron chi connectivity index (χ2n) is 4.68. The van der Waals surface area contributed by atoms with Crippen LogP contribution in [0.4, 0.5) is 14.5 Å². The molecule has 0 N–H and O–H groups in total. The van der Waals surface area contributed by atoms with Gasteiger partial charge in [0.1, 0.15) is 5.69 Å². The van der Waals surface area contributed by atoms with Crippen LogP contribution in [0.25, 0.3) is 0 Å². The summed E-state index contributed by atoms with van der Waals surface area (Å²) in [7, 11) is 1.62. The minimum Gasteiger partial charge on any atom is -0.366 e. The molecule has 2 nitrogen and oxygen atoms in total. The van der Waals surface area contributed by atoms with Gasteiger partial charge in [0.25, 0.3) is 0 Å². The molecule has 2 aromatic rings. The van der Waals surface area contributed by atoms with Gasteiger partial charge in [0.15, 0.2) is 11.6 Å². The fourth-order valence-electron chi connectivity index (χ4n) is 2.12. The van der Waals surface area contributed by atoms with E-state index >= 15 is 0 Å². The van der Waals surface area contributed by atoms with Crippen LogP contribution in [0.2, 0.25) is 0 Å². The average molecular weight is 272 g/mol. The van der Waals surface area contributed by atoms with Gasteiger partial charge >= 0.3 is 0 Å². The van der Waals surface area contributed by atoms with Crippen molar-refractivity contribution >= 4 is 5.69 Å². The van der Waals surface area contributed by atoms with Crippen LogP contribution in [-0.2, 0) is 6.54 Å². The Labute approximate surface area is 116 Å². The van der Waals surface area contributed by atoms with E-state index in [4.69, 9.17) is 5.26 Å². The summed E-state index contributed by atoms with van der Waals surface area (Å²) >= 11 is 0. The van der Waals surface area contributed by atoms with Gasteiger partial charge in [0.2, 0.25) is 0 Å². The van der Waals surface area contributed by atoms with E-state index in [2.05, 4.69) is 0 Å². The summed E-state index contributed by atoms with van der Waals surface area (Å²) in [4.78, 5) is 1.51. The number of nitriles is 1. The van der Waals surface area contributed by atoms with E-state index in [0.717, 1.165) is 23.3 Å². The second-order valence-corrected chi connectivity index (χ2v) is 4.68. The third kappa shape index (κ3) is 2.77. The van der Waals surface area contributed by atoms with Crippen molar-refractivity contribution in [3.05, 3.63) is 64.7 Å². The average Bonchev–Trinajstić information content (AvgIpc) is 2.40. The molecule has 0 aliphatic carbocycles. The summed E-state index contributed by atoms with van der Waals surface area (Å²) in [5.74, 6) is -1.45. The molecule has 0 saturated heterocycles. The van der Waals surface area contributed by atoms with Crippen LogP contribution < -0.4 is 4.90 Å². The third-order valence-electron chi connectivity index (χ3n) is 3.20. The Morgan fingerprint density at radius 3 is 2.30 bits per heavy atom. The minimum atomic E-state index is -0.724. The molecule has 4 heteroatoms. The molecule has 0 fully saturated rings. The van der Waals surface area contributed by atoms with Gasteiger partial charge < -0.3 is 4.90 Å². The van der Waals surface area contributed by atoms with Gasteiger partial charge in [-0.05, 0) is 30.2 Å². The molecular formula is C16H14F2N2. The maximum absolute atomic E-state index is 13.9. The van der Waals surface area contributed by atoms with E-state index in [1.165, 1.54) is 4.90 Å². The van der Waals surface area contributed by atoms with Crippen molar-refractivity contribution in [2.45, 2.75) is 13.5 Å². The van der Waals surface area contributed by atoms with E-state index in [1.54, 1.807) is 13.1 Å². The zero-order valence-electron chi connectivity index (χ0n) is 11.3. The Bertz CT molecular complexity index is 651. The highest BCUT2D eigenvalue weighted by atomic mass is 19.1. The molecule has 0 spiro atoms. The first kappa shape index (κ1) is 14.0. The maximum atomic E-state index is 13.9. The molecule has 0 aromatic heterocycles. The van der Waals surface area contributed by atoms with Gasteiger partial charge in [-0.2, -0.15) is 5.26 Å². The second kappa shape index (κ2) is 5.70. The van der Waals surface area contributed by atoms with Crippen LogP contribution in [0.1, 0.15) is 16.7 Å². The quantitative estimate of drug-likeness (QED) is 0.850. The molecule has 0 aliphatic rings. The number of rotatable bonds is 3. The molecule has 0 heterocycles. The van der Waals surface area contributed by atoms with Crippen LogP contribution in [0.5, 0.6) is 0 Å². The standard InChI is InChI=1S/C16H14F2N2/c1-11-5-3-4-6-13(11)10-20(2)16-14(17)7-12(9-19)8-15(16)18/h3-8H,10H2,1-2H3. The van der Waals surface area contributed by atoms with E-state index in [-0.39, 0.29) is 11.3 Å². The molecule has 0 atom stereocenters. The lowest BCUT2D eigenvalue weighted by atomic mass is 10.1. The van der Waals surface area contributed by atoms with E-state index in [0.29, 0.717) is 6.54 Å². The lowest BCUT2D eigenvalue weighted by Gasteiger charge is -2.21. The monoisotopic (exact) mass is 272 g/mol. The molecule has 2 rings (SSSR count). The number of aryl methyl sites for hydroxylation is 1. The smallest absolute Gasteiger partial charge is 0.150 e. The van der Waals surface area contributed by atoms with Crippen LogP contribution in [0.3, 0.4) is 0 Å². The molecule has 0 radical (unpaired) electrons. The SMILES string of the molecule is Cc1ccccc1CN(C)c1c(F)cc(C#N)cc1F. The largest absolute Gasteiger partial charge is 0.366 e. The van der Waals surface area contributed by atoms with Crippen molar-refractivity contribution in [2.24, 2.45) is 0 Å². The predicted octanol–water partition coefficient (Wildman–Crippen LogP) is 3.78. The molecule has 0 amide bonds. The van der Waals surface area contributed by atoms with Crippen LogP contribution >= 0.6 is 0 Å². The van der Waals surface area contributed by atoms with Gasteiger partial charge in [-0.3, -0.25) is 0 Å². The highest BCUT2D eigenvalue weighted by Crippen LogP contribution is 2.25. The summed E-state index contributed by atoms with van der Waals surface area (Å²) in [5, 5.41) is 8.69. The fourth-order valence-corrected chi connectivity index (χ4v) is 2.12. The summed E-state index contributed by atoms with van der Waals surface area (Å²) in [5.41, 5.74) is 1.92. The molecule has 0 bridgehead atoms. The molecule has 20 heavy (non-hydrogen) atoms. The number of nitrogens with zero attached hydrogens (tertiary/aromatic N) is 2. The van der Waals surface area contributed by atoms with Gasteiger partial charge in [-0.15, -0.1) is 0 Å². The number of benzene rings is 2. The number of hydrogen-bond donors (Lipinski definition) is 0. The first-order valence-corrected chi connectivity index (χ1v) is 6.17. The summed E-state index contributed by atoms with van der Waals surface area (Å²) < 4.78 is 27.8. The zero-order valence-corrected chi connectivity index (χ0v) is 11.3. The predicted molar refractivity (Wildman–Crippen MR) is 74.4 cm³/mol. The Hall–Kier alpha value is -2.41. The van der Waals surface area contributed by atoms with Crippen molar-refractivity contribution in [3.63, 3.8) is 0 Å². The van der Waals surface area contributed by atoms with E-state index < -0.39 is 11.6 Å². The van der Waals surface area contributed by atoms with Crippen molar-refractivity contribution in [1.29, 1.82) is 5.26 Å². The lowest BCUT2D eigenvalue weighted by Crippen LogP contribution is -2.20. The molecular weight excluding hydrogens is 258 g/mol. The highest BCUT2D eigenvalue weighted by molar-refractivity contribution is 5.52. The van der Waals surface area contributed by atoms with Crippen molar-refractivity contribution < 1.29 is 8.78 Å². The normalized spacial score (nSPS) is 10.2. The van der Waals surface area contributed by atoms with Crippen molar-refractivity contribution in [3.8, 4) is 6.07 Å². The Balaban J connectivity index is 2.33. The Morgan fingerprint density at radius 1 is 1.15 bits per heavy atom. The van der Waals surface area contributed by atoms with Crippen LogP contribution in [0, 0.1) is 29.9 Å². The maximum Gasteiger partial charge on any atom is 0.150 e. The van der Waals surface area contributed by atoms with E-state index in [9.17, 15) is 8.78 Å². The van der Waals surface area contributed by atoms with Gasteiger partial charge in [-0.1, -0.05) is 24.3 Å². The number of halogens is 2. The van der Waals surface area contributed by atoms with Gasteiger partial charge in [0, 0.05) is 13.6 Å². The molecule has 0 saturated carbocycles. The van der Waals surface area contributed by atoms with E-state index in [1.807, 2.05) is 31.2 Å². The summed E-state index contributed by atoms with van der Waals surface area (Å²) in [6.07, 6.45) is 0. The molecule has 102 valence electrons. The van der Waals surface area contributed by atoms with Gasteiger partial charge in [0.05, 0.1) is 11.6 Å². The summed E-state index contributed by atoms with van der Waals surface area (Å²) in [6.45, 7) is 2.35. The van der Waals surface area contributed by atoms with Crippen LogP contribution in [-0.4, -0.2) is 7.05 Å². The molecule has 2 aromatic carbocycles. The number of hydrogen-bond acceptors (Lipinski definition) is 2. The summed E-state index contributed by atoms with van der Waals surface area (Å²) in [6, 6.07) is 11.5. The van der Waals surface area contributed by atoms with Crippen molar-refractivity contribution in [2.75, 3.05) is 11.9 Å². The Kier molecular flexibility index (Phi) is 3.99. The highest BCUT2D eigenvalue weighted by Gasteiger charge is 2.16. The molecule has 0 unspecified atom stereocenters. The topological polar surface area (TPSA) is 27.0 Å². The fraction of sp³-hybridized carbons (Fsp3) is 0.188. The molecule has 0 aliphatic heterocycles. The lowest BCUT2D eigenvalue weighted by molar-refractivity contribution is 0.576. The van der Waals surface area contributed by atoms with Crippen LogP contribution in [0.15, 0.2) is 36.4 Å².